The number of likely N-dealkylation sites (tertiary alicyclic amines) is 1. The molecule has 6 nitrogen and oxygen atoms in total. The minimum absolute atomic E-state index is 0.102. The number of hydrogen-bond acceptors (Lipinski definition) is 5. The van der Waals surface area contributed by atoms with Crippen molar-refractivity contribution in [2.75, 3.05) is 19.6 Å². The van der Waals surface area contributed by atoms with Crippen molar-refractivity contribution in [2.45, 2.75) is 57.1 Å². The Morgan fingerprint density at radius 2 is 2.12 bits per heavy atom. The van der Waals surface area contributed by atoms with E-state index in [9.17, 15) is 9.90 Å². The van der Waals surface area contributed by atoms with Crippen LogP contribution in [0.5, 0.6) is 0 Å². The number of carbonyl (C=O) groups is 1. The van der Waals surface area contributed by atoms with Crippen molar-refractivity contribution >= 4 is 5.91 Å². The standard InChI is InChI=1S/C18H28N4O2/c23-17-18(24,13-20-11-16-7-9-19-14-21-16)8-4-10-22(17)12-15-5-2-1-3-6-15/h7,9,14-15,20,24H,1-6,8,10-13H2. The second kappa shape index (κ2) is 8.03. The van der Waals surface area contributed by atoms with Gasteiger partial charge < -0.3 is 15.3 Å². The molecule has 0 radical (unpaired) electrons. The molecule has 2 fully saturated rings. The van der Waals surface area contributed by atoms with Crippen LogP contribution in [0.15, 0.2) is 18.6 Å². The van der Waals surface area contributed by atoms with E-state index >= 15 is 0 Å². The van der Waals surface area contributed by atoms with Gasteiger partial charge in [0.05, 0.1) is 5.69 Å². The maximum atomic E-state index is 12.8. The lowest BCUT2D eigenvalue weighted by Gasteiger charge is -2.40. The number of aromatic nitrogens is 2. The first kappa shape index (κ1) is 17.3. The number of carbonyl (C=O) groups excluding carboxylic acids is 1. The van der Waals surface area contributed by atoms with Crippen molar-refractivity contribution in [3.05, 3.63) is 24.3 Å². The second-order valence-corrected chi connectivity index (χ2v) is 7.19. The Labute approximate surface area is 143 Å². The van der Waals surface area contributed by atoms with Crippen molar-refractivity contribution in [3.63, 3.8) is 0 Å². The molecule has 1 aromatic rings. The molecule has 1 unspecified atom stereocenters. The fraction of sp³-hybridized carbons (Fsp3) is 0.722. The molecule has 0 spiro atoms. The minimum Gasteiger partial charge on any atom is -0.379 e. The van der Waals surface area contributed by atoms with Crippen molar-refractivity contribution in [3.8, 4) is 0 Å². The van der Waals surface area contributed by atoms with Crippen LogP contribution in [0.1, 0.15) is 50.6 Å². The summed E-state index contributed by atoms with van der Waals surface area (Å²) in [5.74, 6) is 0.508. The molecule has 1 saturated heterocycles. The quantitative estimate of drug-likeness (QED) is 0.825. The van der Waals surface area contributed by atoms with E-state index in [0.29, 0.717) is 18.9 Å². The SMILES string of the molecule is O=C1N(CC2CCCCC2)CCCC1(O)CNCc1ccncn1. The topological polar surface area (TPSA) is 78.4 Å². The monoisotopic (exact) mass is 332 g/mol. The maximum absolute atomic E-state index is 12.8. The summed E-state index contributed by atoms with van der Waals surface area (Å²) in [6, 6.07) is 1.83. The molecule has 132 valence electrons. The predicted octanol–water partition coefficient (Wildman–Crippen LogP) is 1.50. The molecule has 6 heteroatoms. The average molecular weight is 332 g/mol. The lowest BCUT2D eigenvalue weighted by Crippen LogP contribution is -2.58. The number of hydrogen-bond donors (Lipinski definition) is 2. The van der Waals surface area contributed by atoms with Crippen molar-refractivity contribution in [2.24, 2.45) is 5.92 Å². The third kappa shape index (κ3) is 4.30. The average Bonchev–Trinajstić information content (AvgIpc) is 2.61. The van der Waals surface area contributed by atoms with E-state index in [1.54, 1.807) is 6.20 Å². The lowest BCUT2D eigenvalue weighted by molar-refractivity contribution is -0.157. The summed E-state index contributed by atoms with van der Waals surface area (Å²) >= 11 is 0. The Kier molecular flexibility index (Phi) is 5.79. The maximum Gasteiger partial charge on any atom is 0.255 e. The van der Waals surface area contributed by atoms with E-state index in [4.69, 9.17) is 0 Å². The van der Waals surface area contributed by atoms with E-state index < -0.39 is 5.60 Å². The molecule has 2 aliphatic rings. The van der Waals surface area contributed by atoms with Gasteiger partial charge in [0, 0.05) is 32.4 Å². The summed E-state index contributed by atoms with van der Waals surface area (Å²) in [5.41, 5.74) is -0.420. The molecule has 1 aliphatic carbocycles. The molecular weight excluding hydrogens is 304 g/mol. The van der Waals surface area contributed by atoms with Crippen LogP contribution in [-0.2, 0) is 11.3 Å². The lowest BCUT2D eigenvalue weighted by atomic mass is 9.86. The number of piperidine rings is 1. The van der Waals surface area contributed by atoms with Gasteiger partial charge in [-0.25, -0.2) is 9.97 Å². The third-order valence-corrected chi connectivity index (χ3v) is 5.27. The number of amides is 1. The Hall–Kier alpha value is -1.53. The smallest absolute Gasteiger partial charge is 0.255 e. The molecule has 1 atom stereocenters. The zero-order valence-electron chi connectivity index (χ0n) is 14.3. The summed E-state index contributed by atoms with van der Waals surface area (Å²) < 4.78 is 0. The van der Waals surface area contributed by atoms with Crippen LogP contribution in [0.3, 0.4) is 0 Å². The largest absolute Gasteiger partial charge is 0.379 e. The van der Waals surface area contributed by atoms with Gasteiger partial charge in [0.1, 0.15) is 6.33 Å². The van der Waals surface area contributed by atoms with Crippen molar-refractivity contribution in [1.82, 2.24) is 20.2 Å². The molecule has 1 amide bonds. The van der Waals surface area contributed by atoms with Gasteiger partial charge in [-0.1, -0.05) is 19.3 Å². The third-order valence-electron chi connectivity index (χ3n) is 5.27. The highest BCUT2D eigenvalue weighted by Crippen LogP contribution is 2.28. The summed E-state index contributed by atoms with van der Waals surface area (Å²) in [6.45, 7) is 2.40. The van der Waals surface area contributed by atoms with Gasteiger partial charge >= 0.3 is 0 Å². The van der Waals surface area contributed by atoms with Crippen LogP contribution in [0, 0.1) is 5.92 Å². The first-order valence-corrected chi connectivity index (χ1v) is 9.15. The normalized spacial score (nSPS) is 25.9. The molecule has 2 heterocycles. The zero-order chi connectivity index (χ0) is 16.8. The van der Waals surface area contributed by atoms with Gasteiger partial charge in [-0.15, -0.1) is 0 Å². The van der Waals surface area contributed by atoms with Crippen LogP contribution >= 0.6 is 0 Å². The molecular formula is C18H28N4O2. The van der Waals surface area contributed by atoms with E-state index in [2.05, 4.69) is 15.3 Å². The molecule has 0 bridgehead atoms. The van der Waals surface area contributed by atoms with Crippen LogP contribution in [0.2, 0.25) is 0 Å². The molecule has 3 rings (SSSR count). The number of aliphatic hydroxyl groups is 1. The molecule has 0 aromatic carbocycles. The van der Waals surface area contributed by atoms with Gasteiger partial charge in [-0.2, -0.15) is 0 Å². The van der Waals surface area contributed by atoms with Crippen molar-refractivity contribution in [1.29, 1.82) is 0 Å². The van der Waals surface area contributed by atoms with Gasteiger partial charge in [0.2, 0.25) is 0 Å². The number of rotatable bonds is 6. The zero-order valence-corrected chi connectivity index (χ0v) is 14.3. The second-order valence-electron chi connectivity index (χ2n) is 7.19. The van der Waals surface area contributed by atoms with Crippen LogP contribution in [0.4, 0.5) is 0 Å². The van der Waals surface area contributed by atoms with Crippen LogP contribution < -0.4 is 5.32 Å². The van der Waals surface area contributed by atoms with E-state index in [1.807, 2.05) is 11.0 Å². The predicted molar refractivity (Wildman–Crippen MR) is 91.1 cm³/mol. The van der Waals surface area contributed by atoms with Crippen LogP contribution in [0.25, 0.3) is 0 Å². The van der Waals surface area contributed by atoms with Gasteiger partial charge in [-0.05, 0) is 37.7 Å². The Balaban J connectivity index is 1.52. The van der Waals surface area contributed by atoms with Gasteiger partial charge in [-0.3, -0.25) is 4.79 Å². The first-order chi connectivity index (χ1) is 11.7. The van der Waals surface area contributed by atoms with Crippen molar-refractivity contribution < 1.29 is 9.90 Å². The van der Waals surface area contributed by atoms with E-state index in [-0.39, 0.29) is 12.5 Å². The Morgan fingerprint density at radius 3 is 2.88 bits per heavy atom. The minimum atomic E-state index is -1.28. The summed E-state index contributed by atoms with van der Waals surface area (Å²) in [4.78, 5) is 22.7. The number of nitrogens with one attached hydrogen (secondary N) is 1. The molecule has 24 heavy (non-hydrogen) atoms. The molecule has 1 aliphatic heterocycles. The van der Waals surface area contributed by atoms with Crippen LogP contribution in [-0.4, -0.2) is 51.1 Å². The molecule has 2 N–H and O–H groups in total. The number of nitrogens with zero attached hydrogens (tertiary/aromatic N) is 3. The fourth-order valence-electron chi connectivity index (χ4n) is 3.90. The Morgan fingerprint density at radius 1 is 1.29 bits per heavy atom. The summed E-state index contributed by atoms with van der Waals surface area (Å²) in [5, 5.41) is 14.0. The summed E-state index contributed by atoms with van der Waals surface area (Å²) in [6.07, 6.45) is 10.9. The van der Waals surface area contributed by atoms with Gasteiger partial charge in [0.15, 0.2) is 5.60 Å². The fourth-order valence-corrected chi connectivity index (χ4v) is 3.90. The highest BCUT2D eigenvalue weighted by Gasteiger charge is 2.42. The van der Waals surface area contributed by atoms with Gasteiger partial charge in [0.25, 0.3) is 5.91 Å². The summed E-state index contributed by atoms with van der Waals surface area (Å²) in [7, 11) is 0. The molecule has 1 aromatic heterocycles. The molecule has 1 saturated carbocycles. The highest BCUT2D eigenvalue weighted by molar-refractivity contribution is 5.86. The first-order valence-electron chi connectivity index (χ1n) is 9.15. The van der Waals surface area contributed by atoms with E-state index in [1.165, 1.54) is 38.4 Å². The Bertz CT molecular complexity index is 533. The van der Waals surface area contributed by atoms with E-state index in [0.717, 1.165) is 25.2 Å². The highest BCUT2D eigenvalue weighted by atomic mass is 16.3.